The summed E-state index contributed by atoms with van der Waals surface area (Å²) in [5.74, 6) is 1.10. The van der Waals surface area contributed by atoms with E-state index < -0.39 is 0 Å². The topological polar surface area (TPSA) is 54.9 Å². The van der Waals surface area contributed by atoms with Crippen LogP contribution >= 0.6 is 27.7 Å². The van der Waals surface area contributed by atoms with Crippen LogP contribution in [0.15, 0.2) is 46.2 Å². The molecule has 3 rings (SSSR count). The standard InChI is InChI=1S/C13H10BrN3OS/c14-11-5-16-12(6-15-11)17-13(18)9-7-19-10-4-2-1-3-8(9)10/h1-6,9H,7H2,(H,16,17,18). The summed E-state index contributed by atoms with van der Waals surface area (Å²) in [5, 5.41) is 2.81. The number of rotatable bonds is 2. The van der Waals surface area contributed by atoms with E-state index in [-0.39, 0.29) is 11.8 Å². The molecule has 0 aliphatic carbocycles. The lowest BCUT2D eigenvalue weighted by Crippen LogP contribution is -2.21. The Bertz CT molecular complexity index is 618. The zero-order valence-electron chi connectivity index (χ0n) is 9.84. The Morgan fingerprint density at radius 1 is 1.32 bits per heavy atom. The van der Waals surface area contributed by atoms with E-state index in [0.29, 0.717) is 10.4 Å². The molecule has 1 unspecified atom stereocenters. The lowest BCUT2D eigenvalue weighted by atomic mass is 10.0. The molecule has 0 bridgehead atoms. The van der Waals surface area contributed by atoms with Gasteiger partial charge in [0.05, 0.1) is 18.3 Å². The van der Waals surface area contributed by atoms with Crippen molar-refractivity contribution in [2.24, 2.45) is 0 Å². The van der Waals surface area contributed by atoms with Gasteiger partial charge in [-0.2, -0.15) is 0 Å². The highest BCUT2D eigenvalue weighted by Crippen LogP contribution is 2.39. The van der Waals surface area contributed by atoms with Gasteiger partial charge in [0, 0.05) is 10.6 Å². The first kappa shape index (κ1) is 12.6. The normalized spacial score (nSPS) is 17.0. The molecule has 0 saturated carbocycles. The maximum atomic E-state index is 12.3. The van der Waals surface area contributed by atoms with Crippen molar-refractivity contribution < 1.29 is 4.79 Å². The molecule has 6 heteroatoms. The summed E-state index contributed by atoms with van der Waals surface area (Å²) in [6.45, 7) is 0. The number of amides is 1. The fourth-order valence-electron chi connectivity index (χ4n) is 1.97. The summed E-state index contributed by atoms with van der Waals surface area (Å²) in [6, 6.07) is 8.01. The number of hydrogen-bond acceptors (Lipinski definition) is 4. The largest absolute Gasteiger partial charge is 0.309 e. The SMILES string of the molecule is O=C(Nc1cnc(Br)cn1)C1CSc2ccccc21. The quantitative estimate of drug-likeness (QED) is 0.916. The van der Waals surface area contributed by atoms with Crippen LogP contribution in [0.5, 0.6) is 0 Å². The van der Waals surface area contributed by atoms with Crippen LogP contribution in [0.25, 0.3) is 0 Å². The van der Waals surface area contributed by atoms with Crippen molar-refractivity contribution in [3.63, 3.8) is 0 Å². The molecule has 0 saturated heterocycles. The number of anilines is 1. The maximum absolute atomic E-state index is 12.3. The van der Waals surface area contributed by atoms with Gasteiger partial charge in [0.25, 0.3) is 0 Å². The van der Waals surface area contributed by atoms with Crippen LogP contribution in [0.1, 0.15) is 11.5 Å². The molecule has 4 nitrogen and oxygen atoms in total. The Balaban J connectivity index is 1.77. The molecule has 1 aliphatic heterocycles. The average molecular weight is 336 g/mol. The Morgan fingerprint density at radius 2 is 2.16 bits per heavy atom. The van der Waals surface area contributed by atoms with Gasteiger partial charge in [-0.3, -0.25) is 4.79 Å². The first-order chi connectivity index (χ1) is 9.24. The van der Waals surface area contributed by atoms with Gasteiger partial charge in [-0.15, -0.1) is 11.8 Å². The molecule has 1 amide bonds. The predicted octanol–water partition coefficient (Wildman–Crippen LogP) is 3.07. The lowest BCUT2D eigenvalue weighted by Gasteiger charge is -2.10. The highest BCUT2D eigenvalue weighted by Gasteiger charge is 2.29. The first-order valence-corrected chi connectivity index (χ1v) is 7.52. The second-order valence-electron chi connectivity index (χ2n) is 4.12. The number of carbonyl (C=O) groups is 1. The Hall–Kier alpha value is -1.40. The van der Waals surface area contributed by atoms with Gasteiger partial charge in [0.1, 0.15) is 4.60 Å². The van der Waals surface area contributed by atoms with Crippen LogP contribution < -0.4 is 5.32 Å². The summed E-state index contributed by atoms with van der Waals surface area (Å²) < 4.78 is 0.646. The monoisotopic (exact) mass is 335 g/mol. The van der Waals surface area contributed by atoms with Gasteiger partial charge in [-0.1, -0.05) is 18.2 Å². The number of nitrogens with one attached hydrogen (secondary N) is 1. The minimum Gasteiger partial charge on any atom is -0.309 e. The molecule has 0 spiro atoms. The van der Waals surface area contributed by atoms with Gasteiger partial charge in [-0.05, 0) is 27.6 Å². The third kappa shape index (κ3) is 2.64. The predicted molar refractivity (Wildman–Crippen MR) is 78.3 cm³/mol. The second-order valence-corrected chi connectivity index (χ2v) is 5.99. The first-order valence-electron chi connectivity index (χ1n) is 5.74. The smallest absolute Gasteiger partial charge is 0.234 e. The molecule has 1 aromatic heterocycles. The van der Waals surface area contributed by atoms with Crippen LogP contribution in [-0.4, -0.2) is 21.6 Å². The van der Waals surface area contributed by atoms with Crippen LogP contribution in [0, 0.1) is 0 Å². The van der Waals surface area contributed by atoms with Crippen molar-refractivity contribution in [1.29, 1.82) is 0 Å². The van der Waals surface area contributed by atoms with E-state index in [1.165, 1.54) is 11.1 Å². The van der Waals surface area contributed by atoms with E-state index >= 15 is 0 Å². The Labute approximate surface area is 123 Å². The number of carbonyl (C=O) groups excluding carboxylic acids is 1. The zero-order chi connectivity index (χ0) is 13.2. The number of benzene rings is 1. The number of thioether (sulfide) groups is 1. The molecular formula is C13H10BrN3OS. The van der Waals surface area contributed by atoms with E-state index in [2.05, 4.69) is 31.2 Å². The van der Waals surface area contributed by atoms with E-state index in [0.717, 1.165) is 11.3 Å². The molecule has 2 heterocycles. The summed E-state index contributed by atoms with van der Waals surface area (Å²) >= 11 is 4.92. The molecule has 1 N–H and O–H groups in total. The Morgan fingerprint density at radius 3 is 2.95 bits per heavy atom. The van der Waals surface area contributed by atoms with E-state index in [4.69, 9.17) is 0 Å². The van der Waals surface area contributed by atoms with Gasteiger partial charge in [0.15, 0.2) is 5.82 Å². The van der Waals surface area contributed by atoms with Crippen LogP contribution in [-0.2, 0) is 4.79 Å². The summed E-state index contributed by atoms with van der Waals surface area (Å²) in [5.41, 5.74) is 1.09. The van der Waals surface area contributed by atoms with Gasteiger partial charge in [0.2, 0.25) is 5.91 Å². The molecule has 19 heavy (non-hydrogen) atoms. The third-order valence-corrected chi connectivity index (χ3v) is 4.48. The minimum absolute atomic E-state index is 0.0333. The van der Waals surface area contributed by atoms with Crippen LogP contribution in [0.2, 0.25) is 0 Å². The number of hydrogen-bond donors (Lipinski definition) is 1. The zero-order valence-corrected chi connectivity index (χ0v) is 12.2. The molecule has 1 aliphatic rings. The molecule has 96 valence electrons. The fraction of sp³-hybridized carbons (Fsp3) is 0.154. The molecule has 2 aromatic rings. The van der Waals surface area contributed by atoms with Gasteiger partial charge in [-0.25, -0.2) is 9.97 Å². The lowest BCUT2D eigenvalue weighted by molar-refractivity contribution is -0.117. The highest BCUT2D eigenvalue weighted by atomic mass is 79.9. The van der Waals surface area contributed by atoms with Crippen LogP contribution in [0.4, 0.5) is 5.82 Å². The minimum atomic E-state index is -0.119. The van der Waals surface area contributed by atoms with Crippen molar-refractivity contribution in [3.8, 4) is 0 Å². The van der Waals surface area contributed by atoms with Crippen molar-refractivity contribution >= 4 is 39.4 Å². The van der Waals surface area contributed by atoms with Crippen molar-refractivity contribution in [3.05, 3.63) is 46.8 Å². The number of halogens is 1. The van der Waals surface area contributed by atoms with Crippen molar-refractivity contribution in [2.45, 2.75) is 10.8 Å². The molecule has 0 radical (unpaired) electrons. The molecule has 1 atom stereocenters. The number of aromatic nitrogens is 2. The van der Waals surface area contributed by atoms with E-state index in [1.807, 2.05) is 24.3 Å². The van der Waals surface area contributed by atoms with Gasteiger partial charge < -0.3 is 5.32 Å². The summed E-state index contributed by atoms with van der Waals surface area (Å²) in [7, 11) is 0. The van der Waals surface area contributed by atoms with Crippen molar-refractivity contribution in [1.82, 2.24) is 9.97 Å². The molecule has 0 fully saturated rings. The van der Waals surface area contributed by atoms with Gasteiger partial charge >= 0.3 is 0 Å². The fourth-order valence-corrected chi connectivity index (χ4v) is 3.40. The summed E-state index contributed by atoms with van der Waals surface area (Å²) in [4.78, 5) is 21.6. The molecule has 1 aromatic carbocycles. The third-order valence-electron chi connectivity index (χ3n) is 2.89. The summed E-state index contributed by atoms with van der Waals surface area (Å²) in [6.07, 6.45) is 3.10. The van der Waals surface area contributed by atoms with E-state index in [1.54, 1.807) is 18.0 Å². The highest BCUT2D eigenvalue weighted by molar-refractivity contribution is 9.10. The number of fused-ring (bicyclic) bond motifs is 1. The van der Waals surface area contributed by atoms with Crippen molar-refractivity contribution in [2.75, 3.05) is 11.1 Å². The number of nitrogens with zero attached hydrogens (tertiary/aromatic N) is 2. The average Bonchev–Trinajstić information content (AvgIpc) is 2.85. The molecular weight excluding hydrogens is 326 g/mol. The van der Waals surface area contributed by atoms with E-state index in [9.17, 15) is 4.79 Å². The second kappa shape index (κ2) is 5.30. The van der Waals surface area contributed by atoms with Crippen LogP contribution in [0.3, 0.4) is 0 Å². The maximum Gasteiger partial charge on any atom is 0.234 e. The Kier molecular flexibility index (Phi) is 3.52.